The van der Waals surface area contributed by atoms with Crippen LogP contribution in [0.15, 0.2) is 170 Å². The van der Waals surface area contributed by atoms with Crippen LogP contribution in [-0.2, 0) is 4.79 Å². The first-order chi connectivity index (χ1) is 36.7. The van der Waals surface area contributed by atoms with E-state index < -0.39 is 12.1 Å². The van der Waals surface area contributed by atoms with Crippen molar-refractivity contribution in [3.8, 4) is 0 Å². The maximum atomic E-state index is 12.5. The molecule has 0 aromatic carbocycles. The van der Waals surface area contributed by atoms with E-state index in [4.69, 9.17) is 0 Å². The topological polar surface area (TPSA) is 69.6 Å². The number of nitrogens with one attached hydrogen (secondary N) is 1. The van der Waals surface area contributed by atoms with Gasteiger partial charge in [-0.25, -0.2) is 0 Å². The lowest BCUT2D eigenvalue weighted by Gasteiger charge is -2.19. The maximum absolute atomic E-state index is 12.5. The molecule has 0 aliphatic heterocycles. The molecule has 0 spiro atoms. The molecule has 0 radical (unpaired) electrons. The predicted octanol–water partition coefficient (Wildman–Crippen LogP) is 20.7. The van der Waals surface area contributed by atoms with Crippen LogP contribution in [0.3, 0.4) is 0 Å². The predicted molar refractivity (Wildman–Crippen MR) is 331 cm³/mol. The highest BCUT2D eigenvalue weighted by atomic mass is 16.3. The first kappa shape index (κ1) is 69.8. The molecule has 0 rings (SSSR count). The minimum Gasteiger partial charge on any atom is -0.394 e. The summed E-state index contributed by atoms with van der Waals surface area (Å²) in [5.41, 5.74) is 0. The highest BCUT2D eigenvalue weighted by Gasteiger charge is 2.17. The Morgan fingerprint density at radius 1 is 0.338 bits per heavy atom. The molecule has 0 fully saturated rings. The third-order valence-corrected chi connectivity index (χ3v) is 12.7. The first-order valence-electron chi connectivity index (χ1n) is 30.3. The Hall–Kier alpha value is -4.25. The van der Waals surface area contributed by atoms with Crippen molar-refractivity contribution in [1.29, 1.82) is 0 Å². The SMILES string of the molecule is CC/C=C\C/C=C\C/C=C\C/C=C\C/C=C\C/C=C\C/C=C\C/C=C\C/C=C\C/C=C\C/C=C\CCCCCC(=O)NC(CO)C(O)/C=C/CC/C=C/CC/C=C/CCCCCCCCCCCCCCCCC. The van der Waals surface area contributed by atoms with E-state index in [0.29, 0.717) is 6.42 Å². The van der Waals surface area contributed by atoms with Gasteiger partial charge in [-0.3, -0.25) is 4.79 Å². The van der Waals surface area contributed by atoms with E-state index in [-0.39, 0.29) is 12.5 Å². The highest BCUT2D eigenvalue weighted by molar-refractivity contribution is 5.76. The molecule has 0 saturated carbocycles. The van der Waals surface area contributed by atoms with Gasteiger partial charge >= 0.3 is 0 Å². The van der Waals surface area contributed by atoms with Crippen LogP contribution < -0.4 is 5.32 Å². The van der Waals surface area contributed by atoms with E-state index in [2.05, 4.69) is 177 Å². The van der Waals surface area contributed by atoms with E-state index in [9.17, 15) is 15.0 Å². The maximum Gasteiger partial charge on any atom is 0.220 e. The molecule has 0 aromatic heterocycles. The van der Waals surface area contributed by atoms with Crippen molar-refractivity contribution < 1.29 is 15.0 Å². The average molecular weight is 1020 g/mol. The van der Waals surface area contributed by atoms with Crippen molar-refractivity contribution in [2.24, 2.45) is 0 Å². The van der Waals surface area contributed by atoms with Gasteiger partial charge in [0, 0.05) is 6.42 Å². The summed E-state index contributed by atoms with van der Waals surface area (Å²) in [5.74, 6) is -0.116. The van der Waals surface area contributed by atoms with Gasteiger partial charge in [0.25, 0.3) is 0 Å². The van der Waals surface area contributed by atoms with Crippen LogP contribution in [-0.4, -0.2) is 34.9 Å². The molecule has 3 N–H and O–H groups in total. The molecule has 0 aliphatic rings. The monoisotopic (exact) mass is 1020 g/mol. The minimum atomic E-state index is -0.899. The number of amides is 1. The van der Waals surface area contributed by atoms with Crippen LogP contribution in [0.2, 0.25) is 0 Å². The van der Waals surface area contributed by atoms with Crippen LogP contribution in [0.25, 0.3) is 0 Å². The minimum absolute atomic E-state index is 0.116. The summed E-state index contributed by atoms with van der Waals surface area (Å²) in [6.45, 7) is 4.17. The molecule has 0 saturated heterocycles. The van der Waals surface area contributed by atoms with Crippen molar-refractivity contribution in [2.75, 3.05) is 6.61 Å². The van der Waals surface area contributed by atoms with Crippen molar-refractivity contribution in [3.05, 3.63) is 170 Å². The molecule has 416 valence electrons. The fourth-order valence-electron chi connectivity index (χ4n) is 8.10. The Morgan fingerprint density at radius 2 is 0.608 bits per heavy atom. The van der Waals surface area contributed by atoms with Gasteiger partial charge in [0.2, 0.25) is 5.91 Å². The van der Waals surface area contributed by atoms with Crippen molar-refractivity contribution in [3.63, 3.8) is 0 Å². The number of rotatable bonds is 53. The van der Waals surface area contributed by atoms with Gasteiger partial charge in [0.05, 0.1) is 18.8 Å². The number of carbonyl (C=O) groups is 1. The van der Waals surface area contributed by atoms with Crippen LogP contribution in [0, 0.1) is 0 Å². The molecular weight excluding hydrogens is 903 g/mol. The summed E-state index contributed by atoms with van der Waals surface area (Å²) in [4.78, 5) is 12.5. The summed E-state index contributed by atoms with van der Waals surface area (Å²) in [7, 11) is 0. The third kappa shape index (κ3) is 58.6. The van der Waals surface area contributed by atoms with E-state index >= 15 is 0 Å². The third-order valence-electron chi connectivity index (χ3n) is 12.7. The van der Waals surface area contributed by atoms with E-state index in [1.165, 1.54) is 103 Å². The number of aliphatic hydroxyl groups is 2. The standard InChI is InChI=1S/C70H113NO3/c1-3-5-7-9-11-13-15-17-19-21-23-25-27-29-30-31-32-33-34-35-36-37-38-39-40-42-44-46-48-50-52-54-56-58-60-62-64-66-70(74)71-68(67-72)69(73)65-63-61-59-57-55-53-51-49-47-45-43-41-28-26-24-22-20-18-16-14-12-10-8-6-4-2/h5,7,11,13,17,19,23,25,29-30,32-33,35-36,38-39,42,44,47-50,54-57,63,65,68-69,72-73H,3-4,6,8-10,12,14-16,18,20-22,24,26-28,31,34,37,40-41,43,45-46,51-53,58-62,64,66-67H2,1-2H3,(H,71,74)/b7-5-,13-11-,19-17-,25-23-,30-29-,33-32-,36-35-,39-38-,44-42-,49-47+,50-48-,56-54-,57-55+,65-63+. The van der Waals surface area contributed by atoms with Gasteiger partial charge in [0.15, 0.2) is 0 Å². The number of hydrogen-bond donors (Lipinski definition) is 3. The zero-order valence-corrected chi connectivity index (χ0v) is 47.8. The van der Waals surface area contributed by atoms with Crippen LogP contribution in [0.5, 0.6) is 0 Å². The number of carbonyl (C=O) groups excluding carboxylic acids is 1. The van der Waals surface area contributed by atoms with Gasteiger partial charge in [-0.2, -0.15) is 0 Å². The van der Waals surface area contributed by atoms with Crippen LogP contribution >= 0.6 is 0 Å². The van der Waals surface area contributed by atoms with Crippen LogP contribution in [0.1, 0.15) is 245 Å². The lowest BCUT2D eigenvalue weighted by atomic mass is 10.0. The molecule has 0 heterocycles. The van der Waals surface area contributed by atoms with Crippen molar-refractivity contribution >= 4 is 5.91 Å². The summed E-state index contributed by atoms with van der Waals surface area (Å²) >= 11 is 0. The molecule has 1 amide bonds. The van der Waals surface area contributed by atoms with Gasteiger partial charge < -0.3 is 15.5 Å². The second-order valence-electron chi connectivity index (χ2n) is 19.7. The second kappa shape index (κ2) is 63.0. The molecule has 0 aromatic rings. The smallest absolute Gasteiger partial charge is 0.220 e. The lowest BCUT2D eigenvalue weighted by molar-refractivity contribution is -0.123. The summed E-state index contributed by atoms with van der Waals surface area (Å²) in [6, 6.07) is -0.678. The molecule has 4 nitrogen and oxygen atoms in total. The second-order valence-corrected chi connectivity index (χ2v) is 19.7. The Kier molecular flexibility index (Phi) is 59.4. The number of aliphatic hydroxyl groups excluding tert-OH is 2. The normalized spacial score (nSPS) is 14.1. The Balaban J connectivity index is 3.74. The number of hydrogen-bond acceptors (Lipinski definition) is 3. The van der Waals surface area contributed by atoms with Gasteiger partial charge in [-0.15, -0.1) is 0 Å². The molecular formula is C70H113NO3. The van der Waals surface area contributed by atoms with E-state index in [0.717, 1.165) is 122 Å². The Bertz CT molecular complexity index is 1620. The van der Waals surface area contributed by atoms with Crippen molar-refractivity contribution in [1.82, 2.24) is 5.32 Å². The van der Waals surface area contributed by atoms with Gasteiger partial charge in [0.1, 0.15) is 0 Å². The molecule has 74 heavy (non-hydrogen) atoms. The summed E-state index contributed by atoms with van der Waals surface area (Å²) in [6.07, 6.45) is 102. The fraction of sp³-hybridized carbons (Fsp3) is 0.586. The van der Waals surface area contributed by atoms with E-state index in [1.807, 2.05) is 6.08 Å². The zero-order chi connectivity index (χ0) is 53.4. The Morgan fingerprint density at radius 3 is 0.946 bits per heavy atom. The van der Waals surface area contributed by atoms with E-state index in [1.54, 1.807) is 6.08 Å². The summed E-state index contributed by atoms with van der Waals surface area (Å²) < 4.78 is 0. The molecule has 4 heteroatoms. The first-order valence-corrected chi connectivity index (χ1v) is 30.3. The molecule has 2 atom stereocenters. The quantitative estimate of drug-likeness (QED) is 0.0420. The summed E-state index contributed by atoms with van der Waals surface area (Å²) in [5, 5.41) is 23.1. The zero-order valence-electron chi connectivity index (χ0n) is 47.8. The van der Waals surface area contributed by atoms with Gasteiger partial charge in [-0.05, 0) is 128 Å². The lowest BCUT2D eigenvalue weighted by Crippen LogP contribution is -2.45. The molecule has 0 aliphatic carbocycles. The number of unbranched alkanes of at least 4 members (excludes halogenated alkanes) is 20. The Labute approximate surface area is 458 Å². The molecule has 2 unspecified atom stereocenters. The van der Waals surface area contributed by atoms with Gasteiger partial charge in [-0.1, -0.05) is 280 Å². The average Bonchev–Trinajstić information content (AvgIpc) is 3.40. The van der Waals surface area contributed by atoms with Crippen LogP contribution in [0.4, 0.5) is 0 Å². The fourth-order valence-corrected chi connectivity index (χ4v) is 8.10. The molecule has 0 bridgehead atoms. The largest absolute Gasteiger partial charge is 0.394 e. The van der Waals surface area contributed by atoms with Crippen molar-refractivity contribution in [2.45, 2.75) is 257 Å². The highest BCUT2D eigenvalue weighted by Crippen LogP contribution is 2.14. The number of allylic oxidation sites excluding steroid dienone is 27.